The number of amides is 1. The molecule has 7 nitrogen and oxygen atoms in total. The topological polar surface area (TPSA) is 101 Å². The smallest absolute Gasteiger partial charge is 0.305 e. The third-order valence-electron chi connectivity index (χ3n) is 3.67. The molecule has 1 amide bonds. The molecule has 8 heteroatoms. The summed E-state index contributed by atoms with van der Waals surface area (Å²) in [5, 5.41) is 11.6. The van der Waals surface area contributed by atoms with E-state index in [0.29, 0.717) is 5.39 Å². The number of carboxylic acids is 1. The second kappa shape index (κ2) is 5.88. The Balaban J connectivity index is 1.80. The fourth-order valence-corrected chi connectivity index (χ4v) is 3.87. The van der Waals surface area contributed by atoms with Crippen LogP contribution in [0.5, 0.6) is 0 Å². The predicted octanol–water partition coefficient (Wildman–Crippen LogP) is 0.538. The molecule has 0 spiro atoms. The molecule has 1 aliphatic carbocycles. The Kier molecular flexibility index (Phi) is 3.93. The average Bonchev–Trinajstić information content (AvgIpc) is 3.01. The fourth-order valence-electron chi connectivity index (χ4n) is 2.65. The van der Waals surface area contributed by atoms with E-state index in [1.165, 1.54) is 15.8 Å². The molecule has 3 rings (SSSR count). The number of fused-ring (bicyclic) bond motifs is 3. The lowest BCUT2D eigenvalue weighted by Gasteiger charge is -2.06. The van der Waals surface area contributed by atoms with Crippen LogP contribution in [0.25, 0.3) is 10.2 Å². The zero-order valence-corrected chi connectivity index (χ0v) is 12.6. The van der Waals surface area contributed by atoms with E-state index < -0.39 is 11.9 Å². The van der Waals surface area contributed by atoms with Gasteiger partial charge in [-0.3, -0.25) is 19.0 Å². The van der Waals surface area contributed by atoms with Gasteiger partial charge >= 0.3 is 5.97 Å². The van der Waals surface area contributed by atoms with E-state index in [4.69, 9.17) is 5.11 Å². The highest BCUT2D eigenvalue weighted by Crippen LogP contribution is 2.34. The molecule has 2 aromatic heterocycles. The molecule has 0 saturated carbocycles. The normalized spacial score (nSPS) is 13.3. The highest BCUT2D eigenvalue weighted by atomic mass is 32.1. The summed E-state index contributed by atoms with van der Waals surface area (Å²) < 4.78 is 1.28. The fraction of sp³-hybridized carbons (Fsp3) is 0.429. The van der Waals surface area contributed by atoms with Gasteiger partial charge in [0, 0.05) is 11.4 Å². The number of carboxylic acid groups (broad SMARTS) is 1. The Morgan fingerprint density at radius 2 is 2.23 bits per heavy atom. The van der Waals surface area contributed by atoms with E-state index in [9.17, 15) is 14.4 Å². The second-order valence-electron chi connectivity index (χ2n) is 5.21. The van der Waals surface area contributed by atoms with Gasteiger partial charge in [-0.2, -0.15) is 0 Å². The van der Waals surface area contributed by atoms with Gasteiger partial charge in [-0.15, -0.1) is 11.3 Å². The first-order valence-corrected chi connectivity index (χ1v) is 7.86. The Morgan fingerprint density at radius 1 is 1.41 bits per heavy atom. The molecule has 22 heavy (non-hydrogen) atoms. The number of aliphatic carboxylic acids is 1. The molecule has 2 N–H and O–H groups in total. The van der Waals surface area contributed by atoms with Crippen LogP contribution < -0.4 is 10.9 Å². The van der Waals surface area contributed by atoms with Crippen LogP contribution in [-0.2, 0) is 29.0 Å². The maximum Gasteiger partial charge on any atom is 0.305 e. The number of carbonyl (C=O) groups is 2. The Morgan fingerprint density at radius 3 is 3.00 bits per heavy atom. The number of aryl methyl sites for hydroxylation is 2. The van der Waals surface area contributed by atoms with Crippen LogP contribution in [0, 0.1) is 0 Å². The molecular formula is C14H15N3O4S. The SMILES string of the molecule is O=C(O)CCNC(=O)Cn1cnc2sc3c(c2c1=O)CCC3. The van der Waals surface area contributed by atoms with Crippen molar-refractivity contribution >= 4 is 33.4 Å². The molecule has 0 aromatic carbocycles. The zero-order valence-electron chi connectivity index (χ0n) is 11.8. The first kappa shape index (κ1) is 14.7. The highest BCUT2D eigenvalue weighted by Gasteiger charge is 2.21. The number of nitrogens with zero attached hydrogens (tertiary/aromatic N) is 2. The number of hydrogen-bond donors (Lipinski definition) is 2. The van der Waals surface area contributed by atoms with Crippen molar-refractivity contribution in [1.82, 2.24) is 14.9 Å². The molecule has 0 radical (unpaired) electrons. The molecular weight excluding hydrogens is 306 g/mol. The number of hydrogen-bond acceptors (Lipinski definition) is 5. The number of rotatable bonds is 5. The number of carbonyl (C=O) groups excluding carboxylic acids is 1. The van der Waals surface area contributed by atoms with Crippen molar-refractivity contribution in [2.75, 3.05) is 6.54 Å². The van der Waals surface area contributed by atoms with Gasteiger partial charge in [-0.05, 0) is 24.8 Å². The third-order valence-corrected chi connectivity index (χ3v) is 4.87. The van der Waals surface area contributed by atoms with Gasteiger partial charge in [0.25, 0.3) is 5.56 Å². The van der Waals surface area contributed by atoms with Crippen molar-refractivity contribution in [2.24, 2.45) is 0 Å². The van der Waals surface area contributed by atoms with Gasteiger partial charge in [0.05, 0.1) is 18.1 Å². The van der Waals surface area contributed by atoms with Crippen molar-refractivity contribution in [1.29, 1.82) is 0 Å². The molecule has 0 atom stereocenters. The summed E-state index contributed by atoms with van der Waals surface area (Å²) in [6, 6.07) is 0. The summed E-state index contributed by atoms with van der Waals surface area (Å²) >= 11 is 1.55. The van der Waals surface area contributed by atoms with Crippen molar-refractivity contribution in [3.8, 4) is 0 Å². The Labute approximate surface area is 129 Å². The summed E-state index contributed by atoms with van der Waals surface area (Å²) in [6.07, 6.45) is 4.18. The van der Waals surface area contributed by atoms with E-state index in [1.54, 1.807) is 11.3 Å². The molecule has 2 heterocycles. The molecule has 2 aromatic rings. The summed E-state index contributed by atoms with van der Waals surface area (Å²) in [5.74, 6) is -1.37. The largest absolute Gasteiger partial charge is 0.481 e. The zero-order chi connectivity index (χ0) is 15.7. The monoisotopic (exact) mass is 321 g/mol. The van der Waals surface area contributed by atoms with Crippen LogP contribution in [-0.4, -0.2) is 33.1 Å². The molecule has 0 saturated heterocycles. The van der Waals surface area contributed by atoms with Crippen LogP contribution in [0.15, 0.2) is 11.1 Å². The number of nitrogens with one attached hydrogen (secondary N) is 1. The third kappa shape index (κ3) is 2.74. The standard InChI is InChI=1S/C14H15N3O4S/c18-10(15-5-4-11(19)20)6-17-7-16-13-12(14(17)21)8-2-1-3-9(8)22-13/h7H,1-6H2,(H,15,18)(H,19,20). The van der Waals surface area contributed by atoms with Crippen molar-refractivity contribution in [3.63, 3.8) is 0 Å². The molecule has 116 valence electrons. The number of thiophene rings is 1. The van der Waals surface area contributed by atoms with Gasteiger partial charge in [-0.25, -0.2) is 4.98 Å². The van der Waals surface area contributed by atoms with Crippen molar-refractivity contribution in [2.45, 2.75) is 32.2 Å². The summed E-state index contributed by atoms with van der Waals surface area (Å²) in [4.78, 5) is 40.9. The van der Waals surface area contributed by atoms with Gasteiger partial charge in [0.15, 0.2) is 0 Å². The van der Waals surface area contributed by atoms with E-state index >= 15 is 0 Å². The van der Waals surface area contributed by atoms with Crippen LogP contribution >= 0.6 is 11.3 Å². The Hall–Kier alpha value is -2.22. The summed E-state index contributed by atoms with van der Waals surface area (Å²) in [7, 11) is 0. The molecule has 0 bridgehead atoms. The van der Waals surface area contributed by atoms with Gasteiger partial charge in [-0.1, -0.05) is 0 Å². The van der Waals surface area contributed by atoms with Crippen LogP contribution in [0.4, 0.5) is 0 Å². The van der Waals surface area contributed by atoms with Crippen LogP contribution in [0.1, 0.15) is 23.3 Å². The lowest BCUT2D eigenvalue weighted by atomic mass is 10.2. The average molecular weight is 321 g/mol. The minimum atomic E-state index is -0.977. The maximum atomic E-state index is 12.5. The van der Waals surface area contributed by atoms with E-state index in [2.05, 4.69) is 10.3 Å². The van der Waals surface area contributed by atoms with E-state index in [0.717, 1.165) is 29.7 Å². The Bertz CT molecular complexity index is 808. The predicted molar refractivity (Wildman–Crippen MR) is 81.2 cm³/mol. The second-order valence-corrected chi connectivity index (χ2v) is 6.29. The lowest BCUT2D eigenvalue weighted by molar-refractivity contribution is -0.136. The first-order chi connectivity index (χ1) is 10.6. The van der Waals surface area contributed by atoms with E-state index in [-0.39, 0.29) is 25.1 Å². The minimum Gasteiger partial charge on any atom is -0.481 e. The maximum absolute atomic E-state index is 12.5. The lowest BCUT2D eigenvalue weighted by Crippen LogP contribution is -2.33. The quantitative estimate of drug-likeness (QED) is 0.837. The molecule has 0 aliphatic heterocycles. The summed E-state index contributed by atoms with van der Waals surface area (Å²) in [6.45, 7) is -0.0988. The molecule has 0 unspecified atom stereocenters. The first-order valence-electron chi connectivity index (χ1n) is 7.04. The highest BCUT2D eigenvalue weighted by molar-refractivity contribution is 7.18. The minimum absolute atomic E-state index is 0.0481. The van der Waals surface area contributed by atoms with Gasteiger partial charge < -0.3 is 10.4 Å². The number of aromatic nitrogens is 2. The van der Waals surface area contributed by atoms with Gasteiger partial charge in [0.2, 0.25) is 5.91 Å². The van der Waals surface area contributed by atoms with Crippen LogP contribution in [0.3, 0.4) is 0 Å². The molecule has 0 fully saturated rings. The van der Waals surface area contributed by atoms with E-state index in [1.807, 2.05) is 0 Å². The van der Waals surface area contributed by atoms with Crippen molar-refractivity contribution in [3.05, 3.63) is 27.1 Å². The van der Waals surface area contributed by atoms with Crippen molar-refractivity contribution < 1.29 is 14.7 Å². The molecule has 1 aliphatic rings. The summed E-state index contributed by atoms with van der Waals surface area (Å²) in [5.41, 5.74) is 0.885. The van der Waals surface area contributed by atoms with Gasteiger partial charge in [0.1, 0.15) is 11.4 Å². The van der Waals surface area contributed by atoms with Crippen LogP contribution in [0.2, 0.25) is 0 Å².